The van der Waals surface area contributed by atoms with Crippen molar-refractivity contribution in [2.24, 2.45) is 0 Å². The summed E-state index contributed by atoms with van der Waals surface area (Å²) in [6.45, 7) is 0. The van der Waals surface area contributed by atoms with Gasteiger partial charge in [0.05, 0.1) is 10.2 Å². The van der Waals surface area contributed by atoms with Gasteiger partial charge in [-0.25, -0.2) is 0 Å². The molecule has 1 aliphatic carbocycles. The van der Waals surface area contributed by atoms with Gasteiger partial charge in [-0.1, -0.05) is 5.20 Å². The average molecular weight is 150 g/mol. The van der Waals surface area contributed by atoms with Crippen molar-refractivity contribution < 1.29 is 4.79 Å². The van der Waals surface area contributed by atoms with Gasteiger partial charge >= 0.3 is 0 Å². The van der Waals surface area contributed by atoms with E-state index in [2.05, 4.69) is 20.5 Å². The van der Waals surface area contributed by atoms with Crippen molar-refractivity contribution in [1.29, 1.82) is 0 Å². The smallest absolute Gasteiger partial charge is 0.133 e. The van der Waals surface area contributed by atoms with E-state index < -0.39 is 0 Å². The minimum absolute atomic E-state index is 0.0255. The Morgan fingerprint density at radius 1 is 1.44 bits per heavy atom. The van der Waals surface area contributed by atoms with Gasteiger partial charge in [0.15, 0.2) is 0 Å². The minimum Gasteiger partial charge on any atom is -0.301 e. The fourth-order valence-electron chi connectivity index (χ4n) is 0.994. The number of rotatable bonds is 1. The Morgan fingerprint density at radius 2 is 2.11 bits per heavy atom. The Morgan fingerprint density at radius 3 is 2.33 bits per heavy atom. The molecular formula is C6H6OSi2. The SMILES string of the molecule is O=C([Si])C1=C([Si])CCC1. The maximum Gasteiger partial charge on any atom is 0.133 e. The molecule has 1 aliphatic rings. The molecule has 0 aromatic rings. The molecule has 1 nitrogen and oxygen atoms in total. The van der Waals surface area contributed by atoms with Crippen molar-refractivity contribution in [3.05, 3.63) is 10.8 Å². The van der Waals surface area contributed by atoms with Gasteiger partial charge in [-0.3, -0.25) is 0 Å². The van der Waals surface area contributed by atoms with Crippen LogP contribution in [0.25, 0.3) is 0 Å². The van der Waals surface area contributed by atoms with E-state index in [9.17, 15) is 4.79 Å². The van der Waals surface area contributed by atoms with Crippen LogP contribution in [0.15, 0.2) is 10.8 Å². The third kappa shape index (κ3) is 1.40. The quantitative estimate of drug-likeness (QED) is 0.491. The molecule has 0 aromatic heterocycles. The summed E-state index contributed by atoms with van der Waals surface area (Å²) in [6.07, 6.45) is 3.04. The molecule has 0 N–H and O–H groups in total. The molecule has 0 heterocycles. The van der Waals surface area contributed by atoms with E-state index in [4.69, 9.17) is 0 Å². The summed E-state index contributed by atoms with van der Waals surface area (Å²) in [5, 5.41) is 1.09. The van der Waals surface area contributed by atoms with Crippen molar-refractivity contribution in [3.63, 3.8) is 0 Å². The van der Waals surface area contributed by atoms with E-state index in [1.807, 2.05) is 0 Å². The molecule has 0 aromatic carbocycles. The highest BCUT2D eigenvalue weighted by molar-refractivity contribution is 6.63. The van der Waals surface area contributed by atoms with Crippen LogP contribution < -0.4 is 0 Å². The molecule has 0 amide bonds. The van der Waals surface area contributed by atoms with Gasteiger partial charge in [0.25, 0.3) is 0 Å². The van der Waals surface area contributed by atoms with Gasteiger partial charge in [0.2, 0.25) is 0 Å². The summed E-state index contributed by atoms with van der Waals surface area (Å²) in [7, 11) is 6.34. The van der Waals surface area contributed by atoms with Crippen LogP contribution in [0.1, 0.15) is 19.3 Å². The van der Waals surface area contributed by atoms with Crippen molar-refractivity contribution in [1.82, 2.24) is 0 Å². The Hall–Kier alpha value is -0.156. The molecule has 0 fully saturated rings. The molecule has 6 radical (unpaired) electrons. The molecule has 0 aliphatic heterocycles. The van der Waals surface area contributed by atoms with E-state index in [1.54, 1.807) is 0 Å². The van der Waals surface area contributed by atoms with Crippen molar-refractivity contribution in [3.8, 4) is 0 Å². The largest absolute Gasteiger partial charge is 0.301 e. The normalized spacial score (nSPS) is 18.9. The Labute approximate surface area is 61.4 Å². The summed E-state index contributed by atoms with van der Waals surface area (Å²) in [4.78, 5) is 10.7. The lowest BCUT2D eigenvalue weighted by Crippen LogP contribution is -2.00. The molecule has 0 spiro atoms. The molecule has 0 saturated carbocycles. The fraction of sp³-hybridized carbons (Fsp3) is 0.500. The summed E-state index contributed by atoms with van der Waals surface area (Å²) in [6, 6.07) is 0. The van der Waals surface area contributed by atoms with Gasteiger partial charge < -0.3 is 4.79 Å². The van der Waals surface area contributed by atoms with Crippen molar-refractivity contribution in [2.45, 2.75) is 19.3 Å². The van der Waals surface area contributed by atoms with Crippen LogP contribution in [-0.4, -0.2) is 25.9 Å². The van der Waals surface area contributed by atoms with Gasteiger partial charge in [0, 0.05) is 0 Å². The molecule has 0 atom stereocenters. The Kier molecular flexibility index (Phi) is 2.02. The number of hydrogen-bond donors (Lipinski definition) is 0. The Balaban J connectivity index is 2.78. The van der Waals surface area contributed by atoms with E-state index in [0.29, 0.717) is 0 Å². The zero-order chi connectivity index (χ0) is 6.85. The first-order chi connectivity index (χ1) is 4.22. The fourth-order valence-corrected chi connectivity index (χ4v) is 1.81. The van der Waals surface area contributed by atoms with Gasteiger partial charge in [0.1, 0.15) is 15.6 Å². The lowest BCUT2D eigenvalue weighted by Gasteiger charge is -1.94. The number of allylic oxidation sites excluding steroid dienone is 2. The molecule has 9 heavy (non-hydrogen) atoms. The van der Waals surface area contributed by atoms with Crippen molar-refractivity contribution in [2.75, 3.05) is 0 Å². The summed E-state index contributed by atoms with van der Waals surface area (Å²) < 4.78 is 0. The highest BCUT2D eigenvalue weighted by Gasteiger charge is 2.13. The molecule has 3 heteroatoms. The maximum absolute atomic E-state index is 10.7. The topological polar surface area (TPSA) is 17.1 Å². The molecule has 0 unspecified atom stereocenters. The second-order valence-corrected chi connectivity index (χ2v) is 3.20. The zero-order valence-corrected chi connectivity index (χ0v) is 7.03. The van der Waals surface area contributed by atoms with E-state index in [0.717, 1.165) is 30.0 Å². The van der Waals surface area contributed by atoms with Gasteiger partial charge in [-0.15, -0.1) is 0 Å². The standard InChI is InChI=1S/C6H6OSi2/c7-6(9)4-2-1-3-5(4)8/h1-3H2. The zero-order valence-electron chi connectivity index (χ0n) is 5.03. The molecular weight excluding hydrogens is 144 g/mol. The average Bonchev–Trinajstić information content (AvgIpc) is 2.13. The van der Waals surface area contributed by atoms with E-state index in [1.165, 1.54) is 0 Å². The lowest BCUT2D eigenvalue weighted by atomic mass is 10.3. The van der Waals surface area contributed by atoms with Crippen LogP contribution in [0.3, 0.4) is 0 Å². The van der Waals surface area contributed by atoms with Gasteiger partial charge in [-0.2, -0.15) is 0 Å². The Bertz CT molecular complexity index is 172. The van der Waals surface area contributed by atoms with Gasteiger partial charge in [-0.05, 0) is 24.8 Å². The van der Waals surface area contributed by atoms with Crippen LogP contribution in [0.4, 0.5) is 0 Å². The van der Waals surface area contributed by atoms with E-state index in [-0.39, 0.29) is 5.41 Å². The minimum atomic E-state index is 0.0255. The number of hydrogen-bond acceptors (Lipinski definition) is 1. The number of carbonyl (C=O) groups excluding carboxylic acids is 1. The second kappa shape index (κ2) is 2.62. The highest BCUT2D eigenvalue weighted by Crippen LogP contribution is 2.22. The predicted molar refractivity (Wildman–Crippen MR) is 37.4 cm³/mol. The van der Waals surface area contributed by atoms with Crippen LogP contribution in [0.5, 0.6) is 0 Å². The second-order valence-electron chi connectivity index (χ2n) is 2.14. The van der Waals surface area contributed by atoms with Crippen LogP contribution in [0.2, 0.25) is 0 Å². The summed E-state index contributed by atoms with van der Waals surface area (Å²) >= 11 is 0. The lowest BCUT2D eigenvalue weighted by molar-refractivity contribution is -0.108. The first kappa shape index (κ1) is 6.96. The molecule has 0 bridgehead atoms. The monoisotopic (exact) mass is 150 g/mol. The van der Waals surface area contributed by atoms with Crippen LogP contribution in [0, 0.1) is 0 Å². The first-order valence-electron chi connectivity index (χ1n) is 2.91. The highest BCUT2D eigenvalue weighted by atomic mass is 28.1. The molecule has 1 rings (SSSR count). The molecule has 44 valence electrons. The van der Waals surface area contributed by atoms with E-state index >= 15 is 0 Å². The summed E-state index contributed by atoms with van der Waals surface area (Å²) in [5.41, 5.74) is 0.906. The van der Waals surface area contributed by atoms with Crippen LogP contribution >= 0.6 is 0 Å². The molecule has 0 saturated heterocycles. The first-order valence-corrected chi connectivity index (χ1v) is 3.91. The number of carbonyl (C=O) groups is 1. The third-order valence-corrected chi connectivity index (χ3v) is 2.35. The van der Waals surface area contributed by atoms with Crippen molar-refractivity contribution >= 4 is 25.9 Å². The third-order valence-electron chi connectivity index (χ3n) is 1.49. The van der Waals surface area contributed by atoms with Crippen LogP contribution in [-0.2, 0) is 4.79 Å². The maximum atomic E-state index is 10.7. The predicted octanol–water partition coefficient (Wildman–Crippen LogP) is 0.288. The summed E-state index contributed by atoms with van der Waals surface area (Å²) in [5.74, 6) is 0.